The Kier molecular flexibility index (Phi) is 2.49. The summed E-state index contributed by atoms with van der Waals surface area (Å²) in [5, 5.41) is 0. The van der Waals surface area contributed by atoms with Crippen LogP contribution in [0.2, 0.25) is 0 Å². The molecule has 0 aliphatic rings. The number of hydrogen-bond donors (Lipinski definition) is 0. The van der Waals surface area contributed by atoms with Crippen LogP contribution in [0.3, 0.4) is 0 Å². The van der Waals surface area contributed by atoms with Gasteiger partial charge in [0.05, 0.1) is 0 Å². The van der Waals surface area contributed by atoms with Crippen LogP contribution in [0.1, 0.15) is 26.3 Å². The van der Waals surface area contributed by atoms with E-state index in [0.717, 1.165) is 11.2 Å². The van der Waals surface area contributed by atoms with Crippen molar-refractivity contribution in [2.75, 3.05) is 0 Å². The Labute approximate surface area is 69.4 Å². The molecule has 0 aliphatic carbocycles. The highest BCUT2D eigenvalue weighted by Gasteiger charge is 2.03. The van der Waals surface area contributed by atoms with Gasteiger partial charge in [-0.3, -0.25) is 0 Å². The number of rotatable bonds is 2. The van der Waals surface area contributed by atoms with Crippen LogP contribution in [-0.2, 0) is 0 Å². The molecular weight excluding hydrogens is 192 g/mol. The summed E-state index contributed by atoms with van der Waals surface area (Å²) in [6.45, 7) is 4.34. The summed E-state index contributed by atoms with van der Waals surface area (Å²) < 4.78 is 3.03. The first kappa shape index (κ1) is 7.79. The zero-order valence-electron chi connectivity index (χ0n) is 6.21. The molecule has 2 nitrogen and oxygen atoms in total. The van der Waals surface area contributed by atoms with Crippen molar-refractivity contribution < 1.29 is 0 Å². The fourth-order valence-electron chi connectivity index (χ4n) is 0.820. The van der Waals surface area contributed by atoms with Gasteiger partial charge < -0.3 is 4.57 Å². The van der Waals surface area contributed by atoms with Crippen molar-refractivity contribution >= 4 is 15.9 Å². The fraction of sp³-hybridized carbons (Fsp3) is 0.571. The summed E-state index contributed by atoms with van der Waals surface area (Å²) in [6, 6.07) is 0.539. The second-order valence-corrected chi connectivity index (χ2v) is 3.07. The minimum Gasteiger partial charge on any atom is -0.323 e. The van der Waals surface area contributed by atoms with Crippen molar-refractivity contribution in [1.29, 1.82) is 0 Å². The van der Waals surface area contributed by atoms with E-state index in [9.17, 15) is 0 Å². The zero-order valence-corrected chi connectivity index (χ0v) is 7.80. The van der Waals surface area contributed by atoms with Crippen molar-refractivity contribution in [3.63, 3.8) is 0 Å². The van der Waals surface area contributed by atoms with Gasteiger partial charge in [-0.25, -0.2) is 4.98 Å². The van der Waals surface area contributed by atoms with Gasteiger partial charge >= 0.3 is 0 Å². The van der Waals surface area contributed by atoms with Gasteiger partial charge in [-0.15, -0.1) is 0 Å². The number of imidazole rings is 1. The third kappa shape index (κ3) is 1.40. The van der Waals surface area contributed by atoms with E-state index < -0.39 is 0 Å². The Hall–Kier alpha value is -0.310. The van der Waals surface area contributed by atoms with Gasteiger partial charge in [-0.2, -0.15) is 0 Å². The van der Waals surface area contributed by atoms with Gasteiger partial charge in [0.15, 0.2) is 4.73 Å². The Morgan fingerprint density at radius 2 is 2.50 bits per heavy atom. The van der Waals surface area contributed by atoms with Crippen LogP contribution in [-0.4, -0.2) is 9.55 Å². The molecule has 0 aromatic carbocycles. The second-order valence-electron chi connectivity index (χ2n) is 2.36. The molecule has 0 amide bonds. The van der Waals surface area contributed by atoms with Crippen LogP contribution in [0.25, 0.3) is 0 Å². The largest absolute Gasteiger partial charge is 0.323 e. The predicted octanol–water partition coefficient (Wildman–Crippen LogP) is 2.62. The van der Waals surface area contributed by atoms with E-state index in [0.29, 0.717) is 6.04 Å². The van der Waals surface area contributed by atoms with Gasteiger partial charge in [0.2, 0.25) is 0 Å². The van der Waals surface area contributed by atoms with Crippen molar-refractivity contribution in [2.45, 2.75) is 26.3 Å². The molecule has 0 saturated heterocycles. The lowest BCUT2D eigenvalue weighted by Gasteiger charge is -2.10. The Morgan fingerprint density at radius 3 is 2.90 bits per heavy atom. The molecule has 0 N–H and O–H groups in total. The van der Waals surface area contributed by atoms with E-state index in [2.05, 4.69) is 39.3 Å². The van der Waals surface area contributed by atoms with Gasteiger partial charge in [-0.05, 0) is 29.3 Å². The van der Waals surface area contributed by atoms with Crippen LogP contribution in [0.5, 0.6) is 0 Å². The summed E-state index contributed by atoms with van der Waals surface area (Å²) in [7, 11) is 0. The standard InChI is InChI=1S/C7H11BrN2/c1-3-6(2)10-5-4-9-7(10)8/h4-6H,3H2,1-2H3. The van der Waals surface area contributed by atoms with Crippen molar-refractivity contribution in [1.82, 2.24) is 9.55 Å². The van der Waals surface area contributed by atoms with Gasteiger partial charge in [0.25, 0.3) is 0 Å². The third-order valence-corrected chi connectivity index (χ3v) is 2.30. The molecule has 1 aromatic heterocycles. The normalized spacial score (nSPS) is 13.5. The number of hydrogen-bond acceptors (Lipinski definition) is 1. The minimum absolute atomic E-state index is 0.539. The maximum absolute atomic E-state index is 4.07. The smallest absolute Gasteiger partial charge is 0.177 e. The van der Waals surface area contributed by atoms with Crippen molar-refractivity contribution in [3.05, 3.63) is 17.1 Å². The van der Waals surface area contributed by atoms with E-state index in [1.165, 1.54) is 0 Å². The molecule has 0 saturated carbocycles. The van der Waals surface area contributed by atoms with Crippen LogP contribution in [0.15, 0.2) is 17.1 Å². The molecule has 1 unspecified atom stereocenters. The predicted molar refractivity (Wildman–Crippen MR) is 44.9 cm³/mol. The average Bonchev–Trinajstić information content (AvgIpc) is 2.34. The average molecular weight is 203 g/mol. The summed E-state index contributed by atoms with van der Waals surface area (Å²) in [5.74, 6) is 0. The lowest BCUT2D eigenvalue weighted by atomic mass is 10.3. The van der Waals surface area contributed by atoms with Crippen LogP contribution >= 0.6 is 15.9 Å². The van der Waals surface area contributed by atoms with Crippen molar-refractivity contribution in [3.8, 4) is 0 Å². The van der Waals surface area contributed by atoms with Crippen LogP contribution in [0.4, 0.5) is 0 Å². The molecule has 0 radical (unpaired) electrons. The van der Waals surface area contributed by atoms with Crippen LogP contribution < -0.4 is 0 Å². The SMILES string of the molecule is CCC(C)n1ccnc1Br. The van der Waals surface area contributed by atoms with E-state index in [4.69, 9.17) is 0 Å². The van der Waals surface area contributed by atoms with Gasteiger partial charge in [-0.1, -0.05) is 6.92 Å². The summed E-state index contributed by atoms with van der Waals surface area (Å²) in [5.41, 5.74) is 0. The topological polar surface area (TPSA) is 17.8 Å². The number of nitrogens with zero attached hydrogens (tertiary/aromatic N) is 2. The Balaban J connectivity index is 2.82. The summed E-state index contributed by atoms with van der Waals surface area (Å²) in [6.07, 6.45) is 4.92. The molecule has 1 atom stereocenters. The molecule has 1 aromatic rings. The van der Waals surface area contributed by atoms with Crippen molar-refractivity contribution in [2.24, 2.45) is 0 Å². The summed E-state index contributed by atoms with van der Waals surface area (Å²) >= 11 is 3.36. The molecule has 1 heterocycles. The lowest BCUT2D eigenvalue weighted by molar-refractivity contribution is 0.520. The number of halogens is 1. The second kappa shape index (κ2) is 3.19. The first-order chi connectivity index (χ1) is 4.75. The third-order valence-electron chi connectivity index (χ3n) is 1.69. The first-order valence-corrected chi connectivity index (χ1v) is 4.23. The summed E-state index contributed by atoms with van der Waals surface area (Å²) in [4.78, 5) is 4.07. The Morgan fingerprint density at radius 1 is 1.80 bits per heavy atom. The fourth-order valence-corrected chi connectivity index (χ4v) is 1.41. The molecule has 0 fully saturated rings. The maximum atomic E-state index is 4.07. The van der Waals surface area contributed by atoms with Gasteiger partial charge in [0.1, 0.15) is 0 Å². The van der Waals surface area contributed by atoms with E-state index in [1.54, 1.807) is 6.20 Å². The monoisotopic (exact) mass is 202 g/mol. The molecule has 56 valence electrons. The maximum Gasteiger partial charge on any atom is 0.177 e. The molecule has 3 heteroatoms. The van der Waals surface area contributed by atoms with E-state index in [1.807, 2.05) is 6.20 Å². The van der Waals surface area contributed by atoms with E-state index >= 15 is 0 Å². The Bertz CT molecular complexity index is 207. The lowest BCUT2D eigenvalue weighted by Crippen LogP contribution is -2.01. The molecular formula is C7H11BrN2. The van der Waals surface area contributed by atoms with E-state index in [-0.39, 0.29) is 0 Å². The molecule has 0 spiro atoms. The van der Waals surface area contributed by atoms with Crippen LogP contribution in [0, 0.1) is 0 Å². The highest BCUT2D eigenvalue weighted by molar-refractivity contribution is 9.10. The minimum atomic E-state index is 0.539. The molecule has 0 aliphatic heterocycles. The molecule has 10 heavy (non-hydrogen) atoms. The highest BCUT2D eigenvalue weighted by atomic mass is 79.9. The molecule has 0 bridgehead atoms. The quantitative estimate of drug-likeness (QED) is 0.722. The number of aromatic nitrogens is 2. The highest BCUT2D eigenvalue weighted by Crippen LogP contribution is 2.15. The molecule has 1 rings (SSSR count). The first-order valence-electron chi connectivity index (χ1n) is 3.44. The zero-order chi connectivity index (χ0) is 7.56. The van der Waals surface area contributed by atoms with Gasteiger partial charge in [0, 0.05) is 18.4 Å².